The minimum Gasteiger partial charge on any atom is -0.494 e. The molecule has 82 valence electrons. The monoisotopic (exact) mass is 270 g/mol. The molecule has 0 bridgehead atoms. The summed E-state index contributed by atoms with van der Waals surface area (Å²) in [5, 5.41) is 9.95. The van der Waals surface area contributed by atoms with Crippen LogP contribution in [0, 0.1) is 0 Å². The molecule has 1 aliphatic rings. The first-order valence-corrected chi connectivity index (χ1v) is 6.15. The van der Waals surface area contributed by atoms with Gasteiger partial charge in [-0.2, -0.15) is 0 Å². The number of hydrogen-bond donors (Lipinski definition) is 1. The Morgan fingerprint density at radius 3 is 3.07 bits per heavy atom. The van der Waals surface area contributed by atoms with E-state index < -0.39 is 0 Å². The lowest BCUT2D eigenvalue weighted by Crippen LogP contribution is -2.12. The fourth-order valence-corrected chi connectivity index (χ4v) is 2.78. The summed E-state index contributed by atoms with van der Waals surface area (Å²) in [6, 6.07) is 3.93. The minimum absolute atomic E-state index is 0.344. The molecule has 0 fully saturated rings. The van der Waals surface area contributed by atoms with Gasteiger partial charge in [-0.25, -0.2) is 0 Å². The van der Waals surface area contributed by atoms with Crippen molar-refractivity contribution >= 4 is 15.9 Å². The highest BCUT2D eigenvalue weighted by atomic mass is 79.9. The zero-order valence-electron chi connectivity index (χ0n) is 8.79. The van der Waals surface area contributed by atoms with Crippen LogP contribution >= 0.6 is 15.9 Å². The second kappa shape index (κ2) is 4.54. The summed E-state index contributed by atoms with van der Waals surface area (Å²) in [7, 11) is 0. The summed E-state index contributed by atoms with van der Waals surface area (Å²) in [5.74, 6) is 0.925. The average molecular weight is 271 g/mol. The minimum atomic E-state index is -0.344. The number of fused-ring (bicyclic) bond motifs is 1. The van der Waals surface area contributed by atoms with Crippen molar-refractivity contribution in [1.29, 1.82) is 0 Å². The van der Waals surface area contributed by atoms with Gasteiger partial charge in [0.05, 0.1) is 12.7 Å². The molecule has 1 aliphatic carbocycles. The molecule has 15 heavy (non-hydrogen) atoms. The Morgan fingerprint density at radius 2 is 2.33 bits per heavy atom. The van der Waals surface area contributed by atoms with Crippen molar-refractivity contribution in [3.05, 3.63) is 27.7 Å². The van der Waals surface area contributed by atoms with Gasteiger partial charge in [0.2, 0.25) is 0 Å². The first kappa shape index (κ1) is 11.0. The number of aliphatic hydroxyl groups is 1. The summed E-state index contributed by atoms with van der Waals surface area (Å²) >= 11 is 3.49. The topological polar surface area (TPSA) is 29.5 Å². The first-order valence-electron chi connectivity index (χ1n) is 5.36. The molecule has 0 saturated carbocycles. The molecule has 0 heterocycles. The number of benzene rings is 1. The van der Waals surface area contributed by atoms with E-state index in [1.54, 1.807) is 0 Å². The highest BCUT2D eigenvalue weighted by molar-refractivity contribution is 9.10. The van der Waals surface area contributed by atoms with Crippen LogP contribution in [0.1, 0.15) is 37.0 Å². The van der Waals surface area contributed by atoms with Crippen molar-refractivity contribution in [1.82, 2.24) is 0 Å². The van der Waals surface area contributed by atoms with Crippen molar-refractivity contribution in [2.75, 3.05) is 6.61 Å². The number of rotatable bonds is 2. The Hall–Kier alpha value is -0.540. The Bertz CT molecular complexity index is 363. The van der Waals surface area contributed by atoms with Gasteiger partial charge in [-0.1, -0.05) is 15.9 Å². The Morgan fingerprint density at radius 1 is 1.53 bits per heavy atom. The van der Waals surface area contributed by atoms with Gasteiger partial charge in [-0.15, -0.1) is 0 Å². The van der Waals surface area contributed by atoms with Crippen molar-refractivity contribution in [3.63, 3.8) is 0 Å². The van der Waals surface area contributed by atoms with Crippen molar-refractivity contribution in [3.8, 4) is 5.75 Å². The molecule has 1 aromatic rings. The fourth-order valence-electron chi connectivity index (χ4n) is 2.14. The first-order chi connectivity index (χ1) is 7.24. The maximum absolute atomic E-state index is 9.95. The summed E-state index contributed by atoms with van der Waals surface area (Å²) in [4.78, 5) is 0. The highest BCUT2D eigenvalue weighted by Crippen LogP contribution is 2.39. The van der Waals surface area contributed by atoms with E-state index in [9.17, 15) is 5.11 Å². The van der Waals surface area contributed by atoms with Crippen molar-refractivity contribution in [2.24, 2.45) is 0 Å². The fraction of sp³-hybridized carbons (Fsp3) is 0.500. The molecule has 3 heteroatoms. The maximum atomic E-state index is 9.95. The molecule has 2 rings (SSSR count). The van der Waals surface area contributed by atoms with Gasteiger partial charge in [-0.05, 0) is 38.3 Å². The van der Waals surface area contributed by atoms with E-state index in [4.69, 9.17) is 4.74 Å². The van der Waals surface area contributed by atoms with Gasteiger partial charge in [-0.3, -0.25) is 0 Å². The average Bonchev–Trinajstić information content (AvgIpc) is 2.22. The van der Waals surface area contributed by atoms with Gasteiger partial charge in [0, 0.05) is 15.6 Å². The van der Waals surface area contributed by atoms with Crippen LogP contribution in [0.5, 0.6) is 5.75 Å². The van der Waals surface area contributed by atoms with Crippen LogP contribution in [0.2, 0.25) is 0 Å². The van der Waals surface area contributed by atoms with Gasteiger partial charge in [0.25, 0.3) is 0 Å². The van der Waals surface area contributed by atoms with Crippen LogP contribution in [0.15, 0.2) is 16.6 Å². The Kier molecular flexibility index (Phi) is 3.32. The number of ether oxygens (including phenoxy) is 1. The standard InChI is InChI=1S/C12H15BrO2/c1-2-15-11-7-6-9(13)12-8(11)4-3-5-10(12)14/h6-7,10,14H,2-5H2,1H3/t10-/m1/s1. The second-order valence-electron chi connectivity index (χ2n) is 3.78. The van der Waals surface area contributed by atoms with E-state index in [1.165, 1.54) is 5.56 Å². The van der Waals surface area contributed by atoms with Gasteiger partial charge < -0.3 is 9.84 Å². The van der Waals surface area contributed by atoms with Crippen molar-refractivity contribution < 1.29 is 9.84 Å². The third kappa shape index (κ3) is 2.04. The van der Waals surface area contributed by atoms with Crippen molar-refractivity contribution in [2.45, 2.75) is 32.3 Å². The SMILES string of the molecule is CCOc1ccc(Br)c2c1CCC[C@H]2O. The molecule has 1 atom stereocenters. The normalized spacial score (nSPS) is 19.8. The lowest BCUT2D eigenvalue weighted by atomic mass is 9.89. The van der Waals surface area contributed by atoms with E-state index in [0.717, 1.165) is 35.0 Å². The third-order valence-electron chi connectivity index (χ3n) is 2.80. The summed E-state index contributed by atoms with van der Waals surface area (Å²) < 4.78 is 6.57. The zero-order chi connectivity index (χ0) is 10.8. The van der Waals surface area contributed by atoms with Gasteiger partial charge >= 0.3 is 0 Å². The Balaban J connectivity index is 2.48. The van der Waals surface area contributed by atoms with E-state index in [1.807, 2.05) is 19.1 Å². The highest BCUT2D eigenvalue weighted by Gasteiger charge is 2.23. The summed E-state index contributed by atoms with van der Waals surface area (Å²) in [6.45, 7) is 2.65. The molecule has 0 saturated heterocycles. The zero-order valence-corrected chi connectivity index (χ0v) is 10.4. The predicted molar refractivity (Wildman–Crippen MR) is 63.2 cm³/mol. The Labute approximate surface area is 98.4 Å². The molecule has 0 aromatic heterocycles. The van der Waals surface area contributed by atoms with Crippen LogP contribution in [0.25, 0.3) is 0 Å². The largest absolute Gasteiger partial charge is 0.494 e. The van der Waals surface area contributed by atoms with E-state index >= 15 is 0 Å². The second-order valence-corrected chi connectivity index (χ2v) is 4.63. The summed E-state index contributed by atoms with van der Waals surface area (Å²) in [6.07, 6.45) is 2.54. The molecule has 0 aliphatic heterocycles. The molecule has 0 radical (unpaired) electrons. The molecule has 1 aromatic carbocycles. The molecule has 0 amide bonds. The summed E-state index contributed by atoms with van der Waals surface area (Å²) in [5.41, 5.74) is 2.19. The molecule has 0 unspecified atom stereocenters. The van der Waals surface area contributed by atoms with Crippen LogP contribution in [0.3, 0.4) is 0 Å². The number of aliphatic hydroxyl groups excluding tert-OH is 1. The molecular formula is C12H15BrO2. The third-order valence-corrected chi connectivity index (χ3v) is 3.49. The molecule has 1 N–H and O–H groups in total. The molecule has 2 nitrogen and oxygen atoms in total. The van der Waals surface area contributed by atoms with Crippen LogP contribution in [0.4, 0.5) is 0 Å². The lowest BCUT2D eigenvalue weighted by Gasteiger charge is -2.24. The van der Waals surface area contributed by atoms with Gasteiger partial charge in [0.1, 0.15) is 5.75 Å². The molecule has 0 spiro atoms. The van der Waals surface area contributed by atoms with E-state index in [-0.39, 0.29) is 6.10 Å². The van der Waals surface area contributed by atoms with Crippen LogP contribution in [-0.2, 0) is 6.42 Å². The quantitative estimate of drug-likeness (QED) is 0.894. The van der Waals surface area contributed by atoms with Gasteiger partial charge in [0.15, 0.2) is 0 Å². The number of hydrogen-bond acceptors (Lipinski definition) is 2. The van der Waals surface area contributed by atoms with Crippen LogP contribution in [-0.4, -0.2) is 11.7 Å². The predicted octanol–water partition coefficient (Wildman–Crippen LogP) is 3.22. The molecular weight excluding hydrogens is 256 g/mol. The number of halogens is 1. The van der Waals surface area contributed by atoms with E-state index in [2.05, 4.69) is 15.9 Å². The maximum Gasteiger partial charge on any atom is 0.122 e. The smallest absolute Gasteiger partial charge is 0.122 e. The van der Waals surface area contributed by atoms with Crippen LogP contribution < -0.4 is 4.74 Å². The van der Waals surface area contributed by atoms with E-state index in [0.29, 0.717) is 6.61 Å². The lowest BCUT2D eigenvalue weighted by molar-refractivity contribution is 0.154.